The SMILES string of the molecule is Cc1ccc(C)c(SCC(=O)Nc2ccc(-n3cccn3)c(F)c2)c1. The molecule has 4 nitrogen and oxygen atoms in total. The summed E-state index contributed by atoms with van der Waals surface area (Å²) in [6.07, 6.45) is 3.25. The van der Waals surface area contributed by atoms with Crippen LogP contribution in [0.25, 0.3) is 5.69 Å². The molecule has 0 saturated heterocycles. The molecule has 3 rings (SSSR count). The molecule has 1 aromatic heterocycles. The summed E-state index contributed by atoms with van der Waals surface area (Å²) in [6, 6.07) is 12.4. The van der Waals surface area contributed by atoms with Crippen LogP contribution >= 0.6 is 11.8 Å². The second kappa shape index (κ2) is 7.53. The summed E-state index contributed by atoms with van der Waals surface area (Å²) in [5, 5.41) is 6.73. The Balaban J connectivity index is 1.63. The lowest BCUT2D eigenvalue weighted by Gasteiger charge is -2.09. The number of nitrogens with zero attached hydrogens (tertiary/aromatic N) is 2. The average Bonchev–Trinajstić information content (AvgIpc) is 3.10. The van der Waals surface area contributed by atoms with Gasteiger partial charge >= 0.3 is 0 Å². The molecular formula is C19H18FN3OS. The first kappa shape index (κ1) is 17.2. The molecule has 0 unspecified atom stereocenters. The summed E-state index contributed by atoms with van der Waals surface area (Å²) in [6.45, 7) is 4.04. The van der Waals surface area contributed by atoms with Crippen molar-refractivity contribution < 1.29 is 9.18 Å². The van der Waals surface area contributed by atoms with E-state index in [1.54, 1.807) is 30.6 Å². The molecule has 0 aliphatic carbocycles. The number of aryl methyl sites for hydroxylation is 2. The lowest BCUT2D eigenvalue weighted by atomic mass is 10.2. The van der Waals surface area contributed by atoms with E-state index in [4.69, 9.17) is 0 Å². The molecule has 3 aromatic rings. The minimum Gasteiger partial charge on any atom is -0.325 e. The molecule has 25 heavy (non-hydrogen) atoms. The highest BCUT2D eigenvalue weighted by atomic mass is 32.2. The molecule has 0 fully saturated rings. The molecule has 128 valence electrons. The number of aromatic nitrogens is 2. The van der Waals surface area contributed by atoms with Crippen LogP contribution in [0.1, 0.15) is 11.1 Å². The van der Waals surface area contributed by atoms with Gasteiger partial charge < -0.3 is 5.32 Å². The second-order valence-corrected chi connectivity index (χ2v) is 6.74. The fourth-order valence-electron chi connectivity index (χ4n) is 2.38. The number of hydrogen-bond acceptors (Lipinski definition) is 3. The highest BCUT2D eigenvalue weighted by Gasteiger charge is 2.09. The number of rotatable bonds is 5. The topological polar surface area (TPSA) is 46.9 Å². The highest BCUT2D eigenvalue weighted by molar-refractivity contribution is 8.00. The van der Waals surface area contributed by atoms with Crippen molar-refractivity contribution >= 4 is 23.4 Å². The second-order valence-electron chi connectivity index (χ2n) is 5.72. The minimum atomic E-state index is -0.441. The van der Waals surface area contributed by atoms with Gasteiger partial charge in [-0.25, -0.2) is 9.07 Å². The summed E-state index contributed by atoms with van der Waals surface area (Å²) < 4.78 is 15.6. The van der Waals surface area contributed by atoms with Gasteiger partial charge in [0.15, 0.2) is 5.82 Å². The van der Waals surface area contributed by atoms with Crippen molar-refractivity contribution in [2.24, 2.45) is 0 Å². The molecule has 1 N–H and O–H groups in total. The predicted octanol–water partition coefficient (Wildman–Crippen LogP) is 4.36. The summed E-state index contributed by atoms with van der Waals surface area (Å²) in [5.41, 5.74) is 3.07. The Kier molecular flexibility index (Phi) is 5.19. The number of hydrogen-bond donors (Lipinski definition) is 1. The number of thioether (sulfide) groups is 1. The van der Waals surface area contributed by atoms with Crippen LogP contribution in [0.4, 0.5) is 10.1 Å². The van der Waals surface area contributed by atoms with E-state index in [-0.39, 0.29) is 11.7 Å². The van der Waals surface area contributed by atoms with Crippen molar-refractivity contribution in [3.8, 4) is 5.69 Å². The molecule has 2 aromatic carbocycles. The van der Waals surface area contributed by atoms with E-state index in [0.29, 0.717) is 11.4 Å². The van der Waals surface area contributed by atoms with Gasteiger partial charge in [-0.15, -0.1) is 11.8 Å². The third-order valence-electron chi connectivity index (χ3n) is 3.69. The van der Waals surface area contributed by atoms with Gasteiger partial charge in [-0.2, -0.15) is 5.10 Å². The van der Waals surface area contributed by atoms with Gasteiger partial charge in [0.25, 0.3) is 0 Å². The zero-order valence-electron chi connectivity index (χ0n) is 14.0. The van der Waals surface area contributed by atoms with Crippen LogP contribution in [-0.4, -0.2) is 21.4 Å². The van der Waals surface area contributed by atoms with E-state index in [0.717, 1.165) is 16.0 Å². The van der Waals surface area contributed by atoms with Gasteiger partial charge in [0, 0.05) is 23.0 Å². The molecular weight excluding hydrogens is 337 g/mol. The quantitative estimate of drug-likeness (QED) is 0.692. The molecule has 0 bridgehead atoms. The number of nitrogens with one attached hydrogen (secondary N) is 1. The number of halogens is 1. The first-order valence-corrected chi connectivity index (χ1v) is 8.81. The Hall–Kier alpha value is -2.60. The highest BCUT2D eigenvalue weighted by Crippen LogP contribution is 2.24. The van der Waals surface area contributed by atoms with Crippen LogP contribution in [0.5, 0.6) is 0 Å². The van der Waals surface area contributed by atoms with Crippen LogP contribution < -0.4 is 5.32 Å². The first-order valence-electron chi connectivity index (χ1n) is 7.82. The van der Waals surface area contributed by atoms with Gasteiger partial charge in [-0.1, -0.05) is 17.7 Å². The Morgan fingerprint density at radius 1 is 1.24 bits per heavy atom. The summed E-state index contributed by atoms with van der Waals surface area (Å²) in [7, 11) is 0. The summed E-state index contributed by atoms with van der Waals surface area (Å²) in [4.78, 5) is 13.2. The van der Waals surface area contributed by atoms with Crippen molar-refractivity contribution in [1.29, 1.82) is 0 Å². The Morgan fingerprint density at radius 3 is 2.80 bits per heavy atom. The fraction of sp³-hybridized carbons (Fsp3) is 0.158. The molecule has 0 radical (unpaired) electrons. The van der Waals surface area contributed by atoms with Crippen LogP contribution in [0.2, 0.25) is 0 Å². The molecule has 0 aliphatic heterocycles. The van der Waals surface area contributed by atoms with Crippen molar-refractivity contribution in [1.82, 2.24) is 9.78 Å². The summed E-state index contributed by atoms with van der Waals surface area (Å²) in [5.74, 6) is -0.340. The maximum Gasteiger partial charge on any atom is 0.234 e. The Labute approximate surface area is 150 Å². The van der Waals surface area contributed by atoms with E-state index in [1.807, 2.05) is 26.0 Å². The molecule has 1 heterocycles. The van der Waals surface area contributed by atoms with Gasteiger partial charge in [0.05, 0.1) is 5.75 Å². The minimum absolute atomic E-state index is 0.169. The van der Waals surface area contributed by atoms with E-state index in [1.165, 1.54) is 22.5 Å². The van der Waals surface area contributed by atoms with Crippen molar-refractivity contribution in [3.63, 3.8) is 0 Å². The van der Waals surface area contributed by atoms with Gasteiger partial charge in [-0.05, 0) is 49.7 Å². The number of benzene rings is 2. The van der Waals surface area contributed by atoms with Crippen LogP contribution in [0.3, 0.4) is 0 Å². The Bertz CT molecular complexity index is 894. The van der Waals surface area contributed by atoms with Crippen LogP contribution in [-0.2, 0) is 4.79 Å². The molecule has 0 spiro atoms. The molecule has 1 amide bonds. The largest absolute Gasteiger partial charge is 0.325 e. The lowest BCUT2D eigenvalue weighted by molar-refractivity contribution is -0.113. The van der Waals surface area contributed by atoms with Crippen molar-refractivity contribution in [3.05, 3.63) is 71.8 Å². The van der Waals surface area contributed by atoms with E-state index in [2.05, 4.69) is 16.5 Å². The van der Waals surface area contributed by atoms with Gasteiger partial charge in [0.1, 0.15) is 5.69 Å². The van der Waals surface area contributed by atoms with E-state index in [9.17, 15) is 9.18 Å². The van der Waals surface area contributed by atoms with Crippen molar-refractivity contribution in [2.75, 3.05) is 11.1 Å². The standard InChI is InChI=1S/C19H18FN3OS/c1-13-4-5-14(2)18(10-13)25-12-19(24)22-15-6-7-17(16(20)11-15)23-9-3-8-21-23/h3-11H,12H2,1-2H3,(H,22,24). The zero-order valence-corrected chi connectivity index (χ0v) is 14.8. The maximum absolute atomic E-state index is 14.2. The zero-order chi connectivity index (χ0) is 17.8. The van der Waals surface area contributed by atoms with Crippen LogP contribution in [0, 0.1) is 19.7 Å². The number of anilines is 1. The Morgan fingerprint density at radius 2 is 2.08 bits per heavy atom. The number of amides is 1. The fourth-order valence-corrected chi connectivity index (χ4v) is 3.31. The average molecular weight is 355 g/mol. The first-order chi connectivity index (χ1) is 12.0. The number of carbonyl (C=O) groups is 1. The maximum atomic E-state index is 14.2. The van der Waals surface area contributed by atoms with Gasteiger partial charge in [-0.3, -0.25) is 4.79 Å². The molecule has 0 aliphatic rings. The van der Waals surface area contributed by atoms with Gasteiger partial charge in [0.2, 0.25) is 5.91 Å². The normalized spacial score (nSPS) is 10.7. The third kappa shape index (κ3) is 4.28. The van der Waals surface area contributed by atoms with E-state index >= 15 is 0 Å². The van der Waals surface area contributed by atoms with Crippen molar-refractivity contribution in [2.45, 2.75) is 18.7 Å². The monoisotopic (exact) mass is 355 g/mol. The third-order valence-corrected chi connectivity index (χ3v) is 4.84. The molecule has 0 atom stereocenters. The van der Waals surface area contributed by atoms with Crippen LogP contribution in [0.15, 0.2) is 59.8 Å². The lowest BCUT2D eigenvalue weighted by Crippen LogP contribution is -2.14. The molecule has 6 heteroatoms. The van der Waals surface area contributed by atoms with E-state index < -0.39 is 5.82 Å². The smallest absolute Gasteiger partial charge is 0.234 e. The molecule has 0 saturated carbocycles. The summed E-state index contributed by atoms with van der Waals surface area (Å²) >= 11 is 1.47. The number of carbonyl (C=O) groups excluding carboxylic acids is 1. The predicted molar refractivity (Wildman–Crippen MR) is 98.8 cm³/mol.